The lowest BCUT2D eigenvalue weighted by atomic mass is 9.90. The Bertz CT molecular complexity index is 635. The fourth-order valence-electron chi connectivity index (χ4n) is 3.10. The molecule has 1 aliphatic heterocycles. The molecule has 0 bridgehead atoms. The summed E-state index contributed by atoms with van der Waals surface area (Å²) < 4.78 is 0. The van der Waals surface area contributed by atoms with E-state index in [-0.39, 0.29) is 5.91 Å². The van der Waals surface area contributed by atoms with E-state index in [1.807, 2.05) is 0 Å². The van der Waals surface area contributed by atoms with Crippen LogP contribution in [0.25, 0.3) is 0 Å². The highest BCUT2D eigenvalue weighted by Gasteiger charge is 2.49. The Morgan fingerprint density at radius 3 is 2.77 bits per heavy atom. The van der Waals surface area contributed by atoms with Gasteiger partial charge in [-0.2, -0.15) is 0 Å². The summed E-state index contributed by atoms with van der Waals surface area (Å²) in [4.78, 5) is 31.4. The second-order valence-electron chi connectivity index (χ2n) is 5.30. The topological polar surface area (TPSA) is 83.9 Å². The minimum Gasteiger partial charge on any atom is -0.357 e. The monoisotopic (exact) mass is 298 g/mol. The second-order valence-corrected chi connectivity index (χ2v) is 5.30. The highest BCUT2D eigenvalue weighted by atomic mass is 16.2. The molecule has 7 nitrogen and oxygen atoms in total. The Kier molecular flexibility index (Phi) is 4.06. The summed E-state index contributed by atoms with van der Waals surface area (Å²) in [6, 6.07) is 0. The molecule has 1 saturated heterocycles. The van der Waals surface area contributed by atoms with E-state index in [0.29, 0.717) is 12.2 Å². The predicted octanol–water partition coefficient (Wildman–Crippen LogP) is 0.504. The zero-order valence-electron chi connectivity index (χ0n) is 12.4. The van der Waals surface area contributed by atoms with Crippen LogP contribution in [0.1, 0.15) is 24.1 Å². The van der Waals surface area contributed by atoms with Gasteiger partial charge in [-0.3, -0.25) is 19.7 Å². The zero-order valence-corrected chi connectivity index (χ0v) is 12.4. The molecule has 22 heavy (non-hydrogen) atoms. The lowest BCUT2D eigenvalue weighted by Gasteiger charge is -2.36. The van der Waals surface area contributed by atoms with Gasteiger partial charge in [0, 0.05) is 43.9 Å². The number of aromatic nitrogens is 4. The van der Waals surface area contributed by atoms with Crippen molar-refractivity contribution in [2.24, 2.45) is 0 Å². The quantitative estimate of drug-likeness (QED) is 0.885. The van der Waals surface area contributed by atoms with E-state index in [0.717, 1.165) is 24.9 Å². The van der Waals surface area contributed by atoms with E-state index >= 15 is 0 Å². The summed E-state index contributed by atoms with van der Waals surface area (Å²) >= 11 is 0. The number of likely N-dealkylation sites (N-methyl/N-ethyl adjacent to an activating group) is 1. The van der Waals surface area contributed by atoms with Crippen LogP contribution < -0.4 is 5.32 Å². The average molecular weight is 298 g/mol. The van der Waals surface area contributed by atoms with Crippen LogP contribution in [0.4, 0.5) is 0 Å². The molecule has 7 heteroatoms. The summed E-state index contributed by atoms with van der Waals surface area (Å²) in [5.41, 5.74) is 0.879. The Balaban J connectivity index is 1.99. The van der Waals surface area contributed by atoms with E-state index in [2.05, 4.69) is 30.2 Å². The molecule has 1 aliphatic rings. The first kappa shape index (κ1) is 14.5. The van der Waals surface area contributed by atoms with Gasteiger partial charge < -0.3 is 5.32 Å². The third-order valence-electron chi connectivity index (χ3n) is 4.08. The molecule has 3 rings (SSSR count). The molecule has 114 valence electrons. The molecule has 3 heterocycles. The molecule has 0 aliphatic carbocycles. The lowest BCUT2D eigenvalue weighted by Crippen LogP contribution is -2.52. The summed E-state index contributed by atoms with van der Waals surface area (Å²) in [7, 11) is 1.66. The standard InChI is InChI=1S/C15H18N6O/c1-16-14(22)15(13-9-17-4-5-20-13)3-2-6-21(15)10-12-7-18-11-19-8-12/h4-5,7-9,11H,2-3,6,10H2,1H3,(H,16,22)/t15-/m0/s1. The van der Waals surface area contributed by atoms with Gasteiger partial charge in [-0.1, -0.05) is 0 Å². The third-order valence-corrected chi connectivity index (χ3v) is 4.08. The molecule has 1 N–H and O–H groups in total. The van der Waals surface area contributed by atoms with Crippen molar-refractivity contribution in [3.63, 3.8) is 0 Å². The van der Waals surface area contributed by atoms with Gasteiger partial charge in [0.1, 0.15) is 11.9 Å². The van der Waals surface area contributed by atoms with E-state index < -0.39 is 5.54 Å². The highest BCUT2D eigenvalue weighted by molar-refractivity contribution is 5.87. The number of hydrogen-bond acceptors (Lipinski definition) is 6. The lowest BCUT2D eigenvalue weighted by molar-refractivity contribution is -0.132. The normalized spacial score (nSPS) is 21.7. The number of carbonyl (C=O) groups excluding carboxylic acids is 1. The Morgan fingerprint density at radius 1 is 1.27 bits per heavy atom. The molecule has 0 saturated carbocycles. The number of nitrogens with zero attached hydrogens (tertiary/aromatic N) is 5. The van der Waals surface area contributed by atoms with Gasteiger partial charge in [-0.15, -0.1) is 0 Å². The van der Waals surface area contributed by atoms with Gasteiger partial charge in [-0.05, 0) is 19.4 Å². The van der Waals surface area contributed by atoms with Gasteiger partial charge in [0.25, 0.3) is 0 Å². The molecule has 0 radical (unpaired) electrons. The number of amides is 1. The van der Waals surface area contributed by atoms with Crippen LogP contribution in [-0.4, -0.2) is 44.3 Å². The minimum atomic E-state index is -0.779. The highest BCUT2D eigenvalue weighted by Crippen LogP contribution is 2.38. The SMILES string of the molecule is CNC(=O)[C@@]1(c2cnccn2)CCCN1Cc1cncnc1. The molecule has 2 aromatic rings. The van der Waals surface area contributed by atoms with Gasteiger partial charge in [0.2, 0.25) is 5.91 Å². The summed E-state index contributed by atoms with van der Waals surface area (Å²) in [5, 5.41) is 2.78. The van der Waals surface area contributed by atoms with Crippen LogP contribution in [0, 0.1) is 0 Å². The van der Waals surface area contributed by atoms with Crippen LogP contribution in [0.3, 0.4) is 0 Å². The van der Waals surface area contributed by atoms with Crippen molar-refractivity contribution in [1.82, 2.24) is 30.2 Å². The van der Waals surface area contributed by atoms with E-state index in [1.54, 1.807) is 38.0 Å². The van der Waals surface area contributed by atoms with Crippen LogP contribution in [-0.2, 0) is 16.9 Å². The van der Waals surface area contributed by atoms with E-state index in [9.17, 15) is 4.79 Å². The Morgan fingerprint density at radius 2 is 2.09 bits per heavy atom. The molecule has 0 unspecified atom stereocenters. The van der Waals surface area contributed by atoms with Crippen LogP contribution >= 0.6 is 0 Å². The summed E-state index contributed by atoms with van der Waals surface area (Å²) in [6.07, 6.45) is 11.6. The molecule has 0 aromatic carbocycles. The van der Waals surface area contributed by atoms with Crippen LogP contribution in [0.5, 0.6) is 0 Å². The molecule has 1 atom stereocenters. The molecular weight excluding hydrogens is 280 g/mol. The maximum atomic E-state index is 12.7. The van der Waals surface area contributed by atoms with Gasteiger partial charge >= 0.3 is 0 Å². The molecule has 2 aromatic heterocycles. The minimum absolute atomic E-state index is 0.0534. The Hall–Kier alpha value is -2.41. The largest absolute Gasteiger partial charge is 0.357 e. The van der Waals surface area contributed by atoms with E-state index in [1.165, 1.54) is 6.33 Å². The zero-order chi connectivity index (χ0) is 15.4. The maximum absolute atomic E-state index is 12.7. The van der Waals surface area contributed by atoms with E-state index in [4.69, 9.17) is 0 Å². The fourth-order valence-corrected chi connectivity index (χ4v) is 3.10. The molecule has 0 spiro atoms. The number of hydrogen-bond donors (Lipinski definition) is 1. The molecule has 1 amide bonds. The van der Waals surface area contributed by atoms with Crippen molar-refractivity contribution in [3.05, 3.63) is 48.6 Å². The van der Waals surface area contributed by atoms with Crippen molar-refractivity contribution in [3.8, 4) is 0 Å². The maximum Gasteiger partial charge on any atom is 0.246 e. The second kappa shape index (κ2) is 6.15. The third kappa shape index (κ3) is 2.43. The molecular formula is C15H18N6O. The van der Waals surface area contributed by atoms with Crippen molar-refractivity contribution in [2.75, 3.05) is 13.6 Å². The van der Waals surface area contributed by atoms with Gasteiger partial charge in [0.15, 0.2) is 0 Å². The first-order chi connectivity index (χ1) is 10.8. The van der Waals surface area contributed by atoms with Crippen molar-refractivity contribution in [1.29, 1.82) is 0 Å². The average Bonchev–Trinajstić information content (AvgIpc) is 3.00. The van der Waals surface area contributed by atoms with Crippen molar-refractivity contribution >= 4 is 5.91 Å². The number of carbonyl (C=O) groups is 1. The van der Waals surface area contributed by atoms with Crippen LogP contribution in [0.15, 0.2) is 37.3 Å². The van der Waals surface area contributed by atoms with Crippen LogP contribution in [0.2, 0.25) is 0 Å². The number of likely N-dealkylation sites (tertiary alicyclic amines) is 1. The smallest absolute Gasteiger partial charge is 0.246 e. The molecule has 1 fully saturated rings. The van der Waals surface area contributed by atoms with Crippen molar-refractivity contribution < 1.29 is 4.79 Å². The summed E-state index contributed by atoms with van der Waals surface area (Å²) in [5.74, 6) is -0.0534. The number of nitrogens with one attached hydrogen (secondary N) is 1. The number of rotatable bonds is 4. The summed E-state index contributed by atoms with van der Waals surface area (Å²) in [6.45, 7) is 1.42. The predicted molar refractivity (Wildman–Crippen MR) is 79.5 cm³/mol. The fraction of sp³-hybridized carbons (Fsp3) is 0.400. The van der Waals surface area contributed by atoms with Gasteiger partial charge in [-0.25, -0.2) is 9.97 Å². The van der Waals surface area contributed by atoms with Crippen molar-refractivity contribution in [2.45, 2.75) is 24.9 Å². The van der Waals surface area contributed by atoms with Gasteiger partial charge in [0.05, 0.1) is 11.9 Å². The first-order valence-corrected chi connectivity index (χ1v) is 7.25. The first-order valence-electron chi connectivity index (χ1n) is 7.25. The Labute approximate surface area is 128 Å².